The van der Waals surface area contributed by atoms with Crippen LogP contribution in [0.4, 0.5) is 19.0 Å². The van der Waals surface area contributed by atoms with E-state index in [1.165, 1.54) is 12.4 Å². The van der Waals surface area contributed by atoms with E-state index >= 15 is 0 Å². The highest BCUT2D eigenvalue weighted by molar-refractivity contribution is 5.74. The van der Waals surface area contributed by atoms with Crippen LogP contribution in [0.2, 0.25) is 0 Å². The van der Waals surface area contributed by atoms with Crippen LogP contribution in [0.3, 0.4) is 0 Å². The molecule has 1 amide bonds. The summed E-state index contributed by atoms with van der Waals surface area (Å²) in [5.74, 6) is -0.203. The summed E-state index contributed by atoms with van der Waals surface area (Å²) in [6.07, 6.45) is 0.152. The van der Waals surface area contributed by atoms with Crippen molar-refractivity contribution in [1.82, 2.24) is 15.0 Å². The van der Waals surface area contributed by atoms with Gasteiger partial charge in [0.25, 0.3) is 0 Å². The van der Waals surface area contributed by atoms with Gasteiger partial charge in [0.2, 0.25) is 5.91 Å². The van der Waals surface area contributed by atoms with Crippen LogP contribution in [0, 0.1) is 5.92 Å². The number of rotatable bonds is 4. The summed E-state index contributed by atoms with van der Waals surface area (Å²) in [5.41, 5.74) is 4.71. The van der Waals surface area contributed by atoms with Gasteiger partial charge in [-0.05, 0) is 30.9 Å². The van der Waals surface area contributed by atoms with Crippen molar-refractivity contribution < 1.29 is 18.0 Å². The molecule has 0 aliphatic carbocycles. The Kier molecular flexibility index (Phi) is 5.06. The molecule has 3 rings (SSSR count). The van der Waals surface area contributed by atoms with Crippen molar-refractivity contribution in [3.05, 3.63) is 36.3 Å². The number of hydrogen-bond donors (Lipinski definition) is 1. The summed E-state index contributed by atoms with van der Waals surface area (Å²) in [5, 5.41) is 0. The van der Waals surface area contributed by atoms with E-state index in [1.54, 1.807) is 17.0 Å². The fraction of sp³-hybridized carbons (Fsp3) is 0.412. The molecule has 1 unspecified atom stereocenters. The lowest BCUT2D eigenvalue weighted by Crippen LogP contribution is -2.37. The molecule has 1 fully saturated rings. The van der Waals surface area contributed by atoms with E-state index in [4.69, 9.17) is 5.73 Å². The number of aromatic nitrogens is 3. The van der Waals surface area contributed by atoms with E-state index in [2.05, 4.69) is 15.0 Å². The average molecular weight is 365 g/mol. The Labute approximate surface area is 148 Å². The Morgan fingerprint density at radius 1 is 1.27 bits per heavy atom. The monoisotopic (exact) mass is 365 g/mol. The minimum absolute atomic E-state index is 0.00532. The Hall–Kier alpha value is -2.71. The lowest BCUT2D eigenvalue weighted by molar-refractivity contribution is -0.141. The Morgan fingerprint density at radius 3 is 2.65 bits per heavy atom. The number of nitrogens with two attached hydrogens (primary N) is 1. The average Bonchev–Trinajstić information content (AvgIpc) is 2.61. The summed E-state index contributed by atoms with van der Waals surface area (Å²) in [6, 6.07) is 4.08. The van der Waals surface area contributed by atoms with Crippen LogP contribution in [-0.2, 0) is 11.0 Å². The van der Waals surface area contributed by atoms with Crippen molar-refractivity contribution in [2.24, 2.45) is 11.7 Å². The second-order valence-electron chi connectivity index (χ2n) is 6.29. The van der Waals surface area contributed by atoms with Crippen LogP contribution in [-0.4, -0.2) is 33.9 Å². The number of pyridine rings is 1. The lowest BCUT2D eigenvalue weighted by Gasteiger charge is -2.33. The molecule has 3 heterocycles. The number of carbonyl (C=O) groups excluding carboxylic acids is 1. The molecular formula is C17H18F3N5O. The number of anilines is 1. The summed E-state index contributed by atoms with van der Waals surface area (Å²) >= 11 is 0. The van der Waals surface area contributed by atoms with E-state index in [-0.39, 0.29) is 24.0 Å². The fourth-order valence-corrected chi connectivity index (χ4v) is 3.10. The molecule has 9 heteroatoms. The summed E-state index contributed by atoms with van der Waals surface area (Å²) in [4.78, 5) is 24.8. The summed E-state index contributed by atoms with van der Waals surface area (Å²) in [7, 11) is 0. The van der Waals surface area contributed by atoms with Gasteiger partial charge < -0.3 is 10.6 Å². The molecule has 2 aromatic rings. The Balaban J connectivity index is 1.96. The zero-order valence-corrected chi connectivity index (χ0v) is 13.9. The van der Waals surface area contributed by atoms with Crippen molar-refractivity contribution in [3.63, 3.8) is 0 Å². The third-order valence-electron chi connectivity index (χ3n) is 4.27. The number of amides is 1. The summed E-state index contributed by atoms with van der Waals surface area (Å²) in [6.45, 7) is 1.01. The first-order valence-electron chi connectivity index (χ1n) is 8.23. The quantitative estimate of drug-likeness (QED) is 0.900. The van der Waals surface area contributed by atoms with Crippen LogP contribution >= 0.6 is 0 Å². The first-order chi connectivity index (χ1) is 12.3. The number of primary amides is 1. The van der Waals surface area contributed by atoms with E-state index < -0.39 is 17.8 Å². The largest absolute Gasteiger partial charge is 0.433 e. The highest BCUT2D eigenvalue weighted by Gasteiger charge is 2.35. The highest BCUT2D eigenvalue weighted by Crippen LogP contribution is 2.33. The number of piperidine rings is 1. The molecule has 0 radical (unpaired) electrons. The third-order valence-corrected chi connectivity index (χ3v) is 4.27. The van der Waals surface area contributed by atoms with Gasteiger partial charge in [0.1, 0.15) is 5.82 Å². The van der Waals surface area contributed by atoms with Gasteiger partial charge in [0, 0.05) is 43.5 Å². The van der Waals surface area contributed by atoms with Gasteiger partial charge in [-0.1, -0.05) is 0 Å². The molecule has 0 spiro atoms. The number of carbonyl (C=O) groups is 1. The molecule has 26 heavy (non-hydrogen) atoms. The highest BCUT2D eigenvalue weighted by atomic mass is 19.4. The second-order valence-corrected chi connectivity index (χ2v) is 6.29. The van der Waals surface area contributed by atoms with Crippen molar-refractivity contribution in [1.29, 1.82) is 0 Å². The Bertz CT molecular complexity index is 782. The zero-order chi connectivity index (χ0) is 18.7. The van der Waals surface area contributed by atoms with E-state index in [1.807, 2.05) is 0 Å². The van der Waals surface area contributed by atoms with E-state index in [9.17, 15) is 18.0 Å². The zero-order valence-electron chi connectivity index (χ0n) is 13.9. The van der Waals surface area contributed by atoms with Gasteiger partial charge in [-0.2, -0.15) is 13.2 Å². The molecule has 0 saturated carbocycles. The van der Waals surface area contributed by atoms with Gasteiger partial charge in [0.05, 0.1) is 0 Å². The van der Waals surface area contributed by atoms with Crippen LogP contribution in [0.15, 0.2) is 30.6 Å². The van der Waals surface area contributed by atoms with E-state index in [0.717, 1.165) is 18.9 Å². The van der Waals surface area contributed by atoms with Crippen molar-refractivity contribution in [2.75, 3.05) is 18.0 Å². The van der Waals surface area contributed by atoms with E-state index in [0.29, 0.717) is 18.7 Å². The number of hydrogen-bond acceptors (Lipinski definition) is 5. The maximum atomic E-state index is 13.3. The molecule has 1 aliphatic rings. The fourth-order valence-electron chi connectivity index (χ4n) is 3.10. The summed E-state index contributed by atoms with van der Waals surface area (Å²) < 4.78 is 39.9. The molecule has 138 valence electrons. The van der Waals surface area contributed by atoms with Gasteiger partial charge in [0.15, 0.2) is 11.5 Å². The molecule has 2 aromatic heterocycles. The minimum Gasteiger partial charge on any atom is -0.370 e. The minimum atomic E-state index is -4.58. The van der Waals surface area contributed by atoms with Gasteiger partial charge >= 0.3 is 6.18 Å². The van der Waals surface area contributed by atoms with Crippen LogP contribution in [0.1, 0.15) is 25.0 Å². The van der Waals surface area contributed by atoms with Crippen LogP contribution in [0.5, 0.6) is 0 Å². The molecule has 2 N–H and O–H groups in total. The van der Waals surface area contributed by atoms with Gasteiger partial charge in [-0.3, -0.25) is 9.78 Å². The molecule has 1 saturated heterocycles. The number of halogens is 3. The number of alkyl halides is 3. The number of nitrogens with zero attached hydrogens (tertiary/aromatic N) is 4. The molecular weight excluding hydrogens is 347 g/mol. The molecule has 1 aliphatic heterocycles. The van der Waals surface area contributed by atoms with Gasteiger partial charge in [-0.25, -0.2) is 9.97 Å². The Morgan fingerprint density at radius 2 is 2.00 bits per heavy atom. The van der Waals surface area contributed by atoms with Crippen LogP contribution in [0.25, 0.3) is 11.4 Å². The molecule has 0 bridgehead atoms. The van der Waals surface area contributed by atoms with Crippen molar-refractivity contribution >= 4 is 11.7 Å². The second kappa shape index (κ2) is 7.27. The lowest BCUT2D eigenvalue weighted by atomic mass is 9.94. The SMILES string of the molecule is NC(=O)CC1CCCN(c2cc(C(F)(F)F)nc(-c3ccncc3)n2)C1. The predicted molar refractivity (Wildman–Crippen MR) is 89.0 cm³/mol. The maximum absolute atomic E-state index is 13.3. The third kappa shape index (κ3) is 4.27. The first kappa shape index (κ1) is 18.1. The predicted octanol–water partition coefficient (Wildman–Crippen LogP) is 2.65. The standard InChI is InChI=1S/C17H18F3N5O/c18-17(19,20)13-9-15(24-16(23-13)12-3-5-22-6-4-12)25-7-1-2-11(10-25)8-14(21)26/h3-6,9,11H,1-2,7-8,10H2,(H2,21,26). The molecule has 0 aromatic carbocycles. The van der Waals surface area contributed by atoms with Crippen molar-refractivity contribution in [2.45, 2.75) is 25.4 Å². The maximum Gasteiger partial charge on any atom is 0.433 e. The van der Waals surface area contributed by atoms with Crippen LogP contribution < -0.4 is 10.6 Å². The molecule has 1 atom stereocenters. The normalized spacial score (nSPS) is 18.0. The van der Waals surface area contributed by atoms with Crippen molar-refractivity contribution in [3.8, 4) is 11.4 Å². The topological polar surface area (TPSA) is 85.0 Å². The molecule has 6 nitrogen and oxygen atoms in total. The smallest absolute Gasteiger partial charge is 0.370 e. The first-order valence-corrected chi connectivity index (χ1v) is 8.23. The van der Waals surface area contributed by atoms with Gasteiger partial charge in [-0.15, -0.1) is 0 Å².